The van der Waals surface area contributed by atoms with Crippen molar-refractivity contribution in [1.29, 1.82) is 0 Å². The number of hydrogen-bond donors (Lipinski definition) is 1. The van der Waals surface area contributed by atoms with Gasteiger partial charge in [-0.1, -0.05) is 6.07 Å². The van der Waals surface area contributed by atoms with Crippen LogP contribution < -0.4 is 10.1 Å². The molecule has 1 heterocycles. The van der Waals surface area contributed by atoms with Crippen LogP contribution in [-0.2, 0) is 0 Å². The Kier molecular flexibility index (Phi) is 3.84. The van der Waals surface area contributed by atoms with Crippen molar-refractivity contribution < 1.29 is 9.13 Å². The minimum atomic E-state index is -0.327. The molecule has 0 bridgehead atoms. The maximum Gasteiger partial charge on any atom is 0.132 e. The smallest absolute Gasteiger partial charge is 0.132 e. The second kappa shape index (κ2) is 5.55. The summed E-state index contributed by atoms with van der Waals surface area (Å²) in [5, 5.41) is 3.04. The molecule has 0 radical (unpaired) electrons. The van der Waals surface area contributed by atoms with Gasteiger partial charge in [0.25, 0.3) is 0 Å². The second-order valence-electron chi connectivity index (χ2n) is 3.74. The Morgan fingerprint density at radius 3 is 2.72 bits per heavy atom. The molecule has 1 aromatic heterocycles. The number of nitrogens with zero attached hydrogens (tertiary/aromatic N) is 2. The van der Waals surface area contributed by atoms with Crippen molar-refractivity contribution in [3.63, 3.8) is 0 Å². The van der Waals surface area contributed by atoms with Crippen LogP contribution in [0, 0.1) is 5.82 Å². The fourth-order valence-electron chi connectivity index (χ4n) is 1.80. The third-order valence-electron chi connectivity index (χ3n) is 2.71. The lowest BCUT2D eigenvalue weighted by Gasteiger charge is -2.17. The van der Waals surface area contributed by atoms with Crippen molar-refractivity contribution in [2.75, 3.05) is 14.2 Å². The lowest BCUT2D eigenvalue weighted by molar-refractivity contribution is 0.410. The Bertz CT molecular complexity index is 519. The lowest BCUT2D eigenvalue weighted by atomic mass is 10.0. The van der Waals surface area contributed by atoms with Crippen molar-refractivity contribution in [3.8, 4) is 5.75 Å². The first kappa shape index (κ1) is 12.4. The molecule has 1 unspecified atom stereocenters. The molecule has 0 aliphatic heterocycles. The van der Waals surface area contributed by atoms with Crippen LogP contribution in [0.25, 0.3) is 0 Å². The molecule has 0 amide bonds. The van der Waals surface area contributed by atoms with E-state index in [2.05, 4.69) is 15.3 Å². The highest BCUT2D eigenvalue weighted by molar-refractivity contribution is 5.34. The summed E-state index contributed by atoms with van der Waals surface area (Å²) in [6, 6.07) is 6.23. The monoisotopic (exact) mass is 247 g/mol. The Morgan fingerprint density at radius 2 is 2.17 bits per heavy atom. The summed E-state index contributed by atoms with van der Waals surface area (Å²) in [5.74, 6) is 0.168. The molecule has 1 N–H and O–H groups in total. The average molecular weight is 247 g/mol. The van der Waals surface area contributed by atoms with Gasteiger partial charge in [0.1, 0.15) is 17.9 Å². The quantitative estimate of drug-likeness (QED) is 0.896. The van der Waals surface area contributed by atoms with Crippen LogP contribution in [0.2, 0.25) is 0 Å². The van der Waals surface area contributed by atoms with Gasteiger partial charge in [-0.05, 0) is 19.2 Å². The molecule has 1 aromatic carbocycles. The number of aromatic nitrogens is 2. The van der Waals surface area contributed by atoms with Gasteiger partial charge in [0.15, 0.2) is 0 Å². The Balaban J connectivity index is 2.39. The number of nitrogens with one attached hydrogen (secondary N) is 1. The Morgan fingerprint density at radius 1 is 1.33 bits per heavy atom. The molecule has 0 saturated heterocycles. The molecule has 4 nitrogen and oxygen atoms in total. The molecule has 2 rings (SSSR count). The summed E-state index contributed by atoms with van der Waals surface area (Å²) in [7, 11) is 3.27. The number of methoxy groups -OCH3 is 1. The minimum Gasteiger partial charge on any atom is -0.497 e. The summed E-state index contributed by atoms with van der Waals surface area (Å²) in [6.07, 6.45) is 3.08. The lowest BCUT2D eigenvalue weighted by Crippen LogP contribution is -2.20. The van der Waals surface area contributed by atoms with Crippen LogP contribution in [0.15, 0.2) is 36.8 Å². The molecular formula is C13H14FN3O. The molecular weight excluding hydrogens is 233 g/mol. The molecule has 0 spiro atoms. The molecule has 94 valence electrons. The van der Waals surface area contributed by atoms with Gasteiger partial charge in [0, 0.05) is 17.8 Å². The number of hydrogen-bond acceptors (Lipinski definition) is 4. The number of ether oxygens (including phenoxy) is 1. The summed E-state index contributed by atoms with van der Waals surface area (Å²) in [5.41, 5.74) is 1.24. The zero-order valence-corrected chi connectivity index (χ0v) is 10.2. The molecule has 2 aromatic rings. The average Bonchev–Trinajstić information content (AvgIpc) is 2.42. The fourth-order valence-corrected chi connectivity index (χ4v) is 1.80. The van der Waals surface area contributed by atoms with E-state index in [0.29, 0.717) is 11.3 Å². The van der Waals surface area contributed by atoms with Gasteiger partial charge in [0.2, 0.25) is 0 Å². The third-order valence-corrected chi connectivity index (χ3v) is 2.71. The van der Waals surface area contributed by atoms with E-state index in [9.17, 15) is 4.39 Å². The van der Waals surface area contributed by atoms with Gasteiger partial charge in [-0.3, -0.25) is 0 Å². The molecule has 18 heavy (non-hydrogen) atoms. The normalized spacial score (nSPS) is 12.2. The first-order valence-electron chi connectivity index (χ1n) is 5.53. The van der Waals surface area contributed by atoms with Gasteiger partial charge < -0.3 is 10.1 Å². The molecule has 0 fully saturated rings. The predicted molar refractivity (Wildman–Crippen MR) is 65.9 cm³/mol. The highest BCUT2D eigenvalue weighted by Crippen LogP contribution is 2.25. The zero-order chi connectivity index (χ0) is 13.0. The fraction of sp³-hybridized carbons (Fsp3) is 0.231. The van der Waals surface area contributed by atoms with Gasteiger partial charge in [0.05, 0.1) is 18.8 Å². The van der Waals surface area contributed by atoms with E-state index in [4.69, 9.17) is 4.74 Å². The van der Waals surface area contributed by atoms with Crippen molar-refractivity contribution in [1.82, 2.24) is 15.3 Å². The SMILES string of the molecule is CNC(c1ccncn1)c1ccc(OC)cc1F. The van der Waals surface area contributed by atoms with Crippen molar-refractivity contribution in [3.05, 3.63) is 53.9 Å². The predicted octanol–water partition coefficient (Wildman–Crippen LogP) is 1.93. The van der Waals surface area contributed by atoms with Gasteiger partial charge in [-0.2, -0.15) is 0 Å². The van der Waals surface area contributed by atoms with Crippen LogP contribution in [0.5, 0.6) is 5.75 Å². The Hall–Kier alpha value is -2.01. The standard InChI is InChI=1S/C13H14FN3O/c1-15-13(12-5-6-16-8-17-12)10-4-3-9(18-2)7-11(10)14/h3-8,13,15H,1-2H3. The topological polar surface area (TPSA) is 47.0 Å². The van der Waals surface area contributed by atoms with E-state index in [1.165, 1.54) is 19.5 Å². The third kappa shape index (κ3) is 2.46. The molecule has 0 aliphatic carbocycles. The van der Waals surface area contributed by atoms with E-state index in [1.54, 1.807) is 31.4 Å². The molecule has 0 saturated carbocycles. The Labute approximate surface area is 105 Å². The van der Waals surface area contributed by atoms with Crippen LogP contribution in [0.3, 0.4) is 0 Å². The summed E-state index contributed by atoms with van der Waals surface area (Å²) in [6.45, 7) is 0. The van der Waals surface area contributed by atoms with Crippen molar-refractivity contribution >= 4 is 0 Å². The first-order valence-corrected chi connectivity index (χ1v) is 5.53. The van der Waals surface area contributed by atoms with Crippen LogP contribution in [0.1, 0.15) is 17.3 Å². The molecule has 0 aliphatic rings. The van der Waals surface area contributed by atoms with Crippen molar-refractivity contribution in [2.24, 2.45) is 0 Å². The largest absolute Gasteiger partial charge is 0.497 e. The van der Waals surface area contributed by atoms with Crippen LogP contribution in [-0.4, -0.2) is 24.1 Å². The van der Waals surface area contributed by atoms with E-state index < -0.39 is 0 Å². The van der Waals surface area contributed by atoms with Crippen LogP contribution >= 0.6 is 0 Å². The van der Waals surface area contributed by atoms with Gasteiger partial charge in [-0.15, -0.1) is 0 Å². The highest BCUT2D eigenvalue weighted by atomic mass is 19.1. The number of halogens is 1. The number of rotatable bonds is 4. The van der Waals surface area contributed by atoms with Crippen LogP contribution in [0.4, 0.5) is 4.39 Å². The molecule has 5 heteroatoms. The maximum absolute atomic E-state index is 14.0. The van der Waals surface area contributed by atoms with Gasteiger partial charge >= 0.3 is 0 Å². The maximum atomic E-state index is 14.0. The van der Waals surface area contributed by atoms with E-state index in [0.717, 1.165) is 5.69 Å². The summed E-state index contributed by atoms with van der Waals surface area (Å²) < 4.78 is 19.0. The van der Waals surface area contributed by atoms with Crippen molar-refractivity contribution in [2.45, 2.75) is 6.04 Å². The van der Waals surface area contributed by atoms with E-state index in [-0.39, 0.29) is 11.9 Å². The van der Waals surface area contributed by atoms with E-state index in [1.807, 2.05) is 0 Å². The second-order valence-corrected chi connectivity index (χ2v) is 3.74. The zero-order valence-electron chi connectivity index (χ0n) is 10.2. The van der Waals surface area contributed by atoms with Gasteiger partial charge in [-0.25, -0.2) is 14.4 Å². The number of benzene rings is 1. The van der Waals surface area contributed by atoms with E-state index >= 15 is 0 Å². The first-order chi connectivity index (χ1) is 8.76. The minimum absolute atomic E-state index is 0.307. The highest BCUT2D eigenvalue weighted by Gasteiger charge is 2.17. The summed E-state index contributed by atoms with van der Waals surface area (Å²) in [4.78, 5) is 7.99. The molecule has 1 atom stereocenters. The summed E-state index contributed by atoms with van der Waals surface area (Å²) >= 11 is 0.